The van der Waals surface area contributed by atoms with Gasteiger partial charge >= 0.3 is 0 Å². The van der Waals surface area contributed by atoms with E-state index < -0.39 is 0 Å². The van der Waals surface area contributed by atoms with Gasteiger partial charge in [0.25, 0.3) is 5.91 Å². The Labute approximate surface area is 102 Å². The number of carbonyl (C=O) groups is 1. The molecule has 1 heterocycles. The lowest BCUT2D eigenvalue weighted by molar-refractivity contribution is -0.124. The van der Waals surface area contributed by atoms with Crippen molar-refractivity contribution in [2.75, 3.05) is 13.1 Å². The fourth-order valence-electron chi connectivity index (χ4n) is 2.23. The first kappa shape index (κ1) is 11.7. The van der Waals surface area contributed by atoms with E-state index in [-0.39, 0.29) is 17.9 Å². The molecule has 2 N–H and O–H groups in total. The Balaban J connectivity index is 2.12. The summed E-state index contributed by atoms with van der Waals surface area (Å²) in [6, 6.07) is 10.1. The molecule has 0 saturated carbocycles. The van der Waals surface area contributed by atoms with Crippen molar-refractivity contribution in [3.8, 4) is 11.8 Å². The average Bonchev–Trinajstić information content (AvgIpc) is 2.73. The Kier molecular flexibility index (Phi) is 3.46. The Hall–Kier alpha value is -1.79. The summed E-state index contributed by atoms with van der Waals surface area (Å²) in [6.45, 7) is 2.92. The number of carbonyl (C=O) groups excluding carboxylic acids is 1. The lowest BCUT2D eigenvalue weighted by Gasteiger charge is -2.14. The Morgan fingerprint density at radius 1 is 1.35 bits per heavy atom. The van der Waals surface area contributed by atoms with Crippen molar-refractivity contribution in [1.82, 2.24) is 4.90 Å². The van der Waals surface area contributed by atoms with Crippen LogP contribution in [-0.4, -0.2) is 29.9 Å². The van der Waals surface area contributed by atoms with E-state index in [1.165, 1.54) is 5.56 Å². The van der Waals surface area contributed by atoms with Crippen molar-refractivity contribution in [3.05, 3.63) is 35.9 Å². The van der Waals surface area contributed by atoms with E-state index in [1.54, 1.807) is 11.8 Å². The number of hydrogen-bond acceptors (Lipinski definition) is 2. The third kappa shape index (κ3) is 2.48. The van der Waals surface area contributed by atoms with Gasteiger partial charge in [-0.2, -0.15) is 0 Å². The molecule has 3 nitrogen and oxygen atoms in total. The number of likely N-dealkylation sites (tertiary alicyclic amines) is 1. The van der Waals surface area contributed by atoms with Gasteiger partial charge in [0.05, 0.1) is 0 Å². The van der Waals surface area contributed by atoms with Gasteiger partial charge in [-0.15, -0.1) is 0 Å². The van der Waals surface area contributed by atoms with Crippen LogP contribution in [0.4, 0.5) is 0 Å². The summed E-state index contributed by atoms with van der Waals surface area (Å²) >= 11 is 0. The molecular weight excluding hydrogens is 212 g/mol. The molecule has 1 aliphatic heterocycles. The Morgan fingerprint density at radius 3 is 2.71 bits per heavy atom. The monoisotopic (exact) mass is 228 g/mol. The van der Waals surface area contributed by atoms with Crippen molar-refractivity contribution < 1.29 is 4.79 Å². The van der Waals surface area contributed by atoms with Crippen molar-refractivity contribution >= 4 is 5.91 Å². The fraction of sp³-hybridized carbons (Fsp3) is 0.357. The molecule has 0 radical (unpaired) electrons. The van der Waals surface area contributed by atoms with E-state index in [4.69, 9.17) is 5.73 Å². The van der Waals surface area contributed by atoms with Gasteiger partial charge in [0.2, 0.25) is 0 Å². The SMILES string of the molecule is CC#CC(=O)N1C[C@@H](N)[C@H](c2ccccc2)C1. The smallest absolute Gasteiger partial charge is 0.298 e. The van der Waals surface area contributed by atoms with Crippen molar-refractivity contribution in [1.29, 1.82) is 0 Å². The molecule has 0 bridgehead atoms. The van der Waals surface area contributed by atoms with E-state index in [9.17, 15) is 4.79 Å². The Morgan fingerprint density at radius 2 is 2.06 bits per heavy atom. The molecule has 3 heteroatoms. The maximum atomic E-state index is 11.7. The molecule has 0 spiro atoms. The van der Waals surface area contributed by atoms with E-state index >= 15 is 0 Å². The van der Waals surface area contributed by atoms with Crippen LogP contribution in [0.25, 0.3) is 0 Å². The summed E-state index contributed by atoms with van der Waals surface area (Å²) in [5.74, 6) is 5.29. The van der Waals surface area contributed by atoms with Crippen molar-refractivity contribution in [2.24, 2.45) is 5.73 Å². The lowest BCUT2D eigenvalue weighted by atomic mass is 9.95. The van der Waals surface area contributed by atoms with Gasteiger partial charge < -0.3 is 10.6 Å². The zero-order valence-electron chi connectivity index (χ0n) is 9.89. The van der Waals surface area contributed by atoms with Gasteiger partial charge in [0.1, 0.15) is 0 Å². The highest BCUT2D eigenvalue weighted by molar-refractivity contribution is 5.93. The second-order valence-electron chi connectivity index (χ2n) is 4.27. The minimum atomic E-state index is -0.124. The quantitative estimate of drug-likeness (QED) is 0.728. The summed E-state index contributed by atoms with van der Waals surface area (Å²) in [5, 5.41) is 0. The molecule has 1 aromatic carbocycles. The first-order valence-electron chi connectivity index (χ1n) is 5.74. The van der Waals surface area contributed by atoms with Crippen LogP contribution in [-0.2, 0) is 4.79 Å². The highest BCUT2D eigenvalue weighted by atomic mass is 16.2. The highest BCUT2D eigenvalue weighted by Gasteiger charge is 2.33. The third-order valence-electron chi connectivity index (χ3n) is 3.11. The number of amides is 1. The minimum Gasteiger partial charge on any atom is -0.330 e. The molecule has 1 aliphatic rings. The maximum Gasteiger partial charge on any atom is 0.298 e. The van der Waals surface area contributed by atoms with Crippen LogP contribution in [0.2, 0.25) is 0 Å². The molecule has 1 aromatic rings. The van der Waals surface area contributed by atoms with Gasteiger partial charge in [0.15, 0.2) is 0 Å². The predicted molar refractivity (Wildman–Crippen MR) is 67.2 cm³/mol. The maximum absolute atomic E-state index is 11.7. The number of nitrogens with zero attached hydrogens (tertiary/aromatic N) is 1. The molecular formula is C14H16N2O. The first-order valence-corrected chi connectivity index (χ1v) is 5.74. The number of rotatable bonds is 1. The topological polar surface area (TPSA) is 46.3 Å². The van der Waals surface area contributed by atoms with Crippen molar-refractivity contribution in [2.45, 2.75) is 18.9 Å². The van der Waals surface area contributed by atoms with Crippen LogP contribution in [0.3, 0.4) is 0 Å². The highest BCUT2D eigenvalue weighted by Crippen LogP contribution is 2.26. The minimum absolute atomic E-state index is 0.00000567. The predicted octanol–water partition coefficient (Wildman–Crippen LogP) is 0.963. The summed E-state index contributed by atoms with van der Waals surface area (Å²) in [6.07, 6.45) is 0. The number of benzene rings is 1. The molecule has 2 rings (SSSR count). The van der Waals surface area contributed by atoms with E-state index in [2.05, 4.69) is 24.0 Å². The van der Waals surface area contributed by atoms with Crippen LogP contribution < -0.4 is 5.73 Å². The molecule has 2 atom stereocenters. The van der Waals surface area contributed by atoms with Crippen LogP contribution in [0.1, 0.15) is 18.4 Å². The number of hydrogen-bond donors (Lipinski definition) is 1. The van der Waals surface area contributed by atoms with E-state index in [0.29, 0.717) is 13.1 Å². The molecule has 88 valence electrons. The lowest BCUT2D eigenvalue weighted by Crippen LogP contribution is -2.31. The van der Waals surface area contributed by atoms with Crippen LogP contribution in [0, 0.1) is 11.8 Å². The van der Waals surface area contributed by atoms with Gasteiger partial charge in [-0.25, -0.2) is 0 Å². The summed E-state index contributed by atoms with van der Waals surface area (Å²) in [5.41, 5.74) is 7.29. The molecule has 1 saturated heterocycles. The normalized spacial score (nSPS) is 23.1. The molecule has 1 fully saturated rings. The fourth-order valence-corrected chi connectivity index (χ4v) is 2.23. The van der Waals surface area contributed by atoms with Gasteiger partial charge in [-0.1, -0.05) is 36.3 Å². The molecule has 0 aromatic heterocycles. The van der Waals surface area contributed by atoms with E-state index in [0.717, 1.165) is 0 Å². The molecule has 17 heavy (non-hydrogen) atoms. The molecule has 1 amide bonds. The van der Waals surface area contributed by atoms with Gasteiger partial charge in [-0.3, -0.25) is 4.79 Å². The third-order valence-corrected chi connectivity index (χ3v) is 3.11. The largest absolute Gasteiger partial charge is 0.330 e. The van der Waals surface area contributed by atoms with Crippen LogP contribution >= 0.6 is 0 Å². The Bertz CT molecular complexity index is 458. The van der Waals surface area contributed by atoms with Crippen LogP contribution in [0.5, 0.6) is 0 Å². The zero-order chi connectivity index (χ0) is 12.3. The summed E-state index contributed by atoms with van der Waals surface area (Å²) in [7, 11) is 0. The second-order valence-corrected chi connectivity index (χ2v) is 4.27. The molecule has 0 aliphatic carbocycles. The van der Waals surface area contributed by atoms with Gasteiger partial charge in [0, 0.05) is 25.0 Å². The first-order chi connectivity index (χ1) is 8.22. The second kappa shape index (κ2) is 5.03. The number of nitrogens with two attached hydrogens (primary N) is 1. The van der Waals surface area contributed by atoms with Gasteiger partial charge in [-0.05, 0) is 18.4 Å². The summed E-state index contributed by atoms with van der Waals surface area (Å²) in [4.78, 5) is 13.4. The summed E-state index contributed by atoms with van der Waals surface area (Å²) < 4.78 is 0. The zero-order valence-corrected chi connectivity index (χ0v) is 9.89. The average molecular weight is 228 g/mol. The van der Waals surface area contributed by atoms with Crippen molar-refractivity contribution in [3.63, 3.8) is 0 Å². The standard InChI is InChI=1S/C14H16N2O/c1-2-6-14(17)16-9-12(13(15)10-16)11-7-4-3-5-8-11/h3-5,7-8,12-13H,9-10,15H2,1H3/t12-,13+/m0/s1. The van der Waals surface area contributed by atoms with E-state index in [1.807, 2.05) is 18.2 Å². The van der Waals surface area contributed by atoms with Crippen LogP contribution in [0.15, 0.2) is 30.3 Å². The molecule has 0 unspecified atom stereocenters.